The summed E-state index contributed by atoms with van der Waals surface area (Å²) in [7, 11) is -4.00. The minimum atomic E-state index is -4.00. The number of hydrogen-bond donors (Lipinski definition) is 0. The highest BCUT2D eigenvalue weighted by Crippen LogP contribution is 2.03. The van der Waals surface area contributed by atoms with Gasteiger partial charge in [-0.05, 0) is 27.7 Å². The quantitative estimate of drug-likeness (QED) is 0.487. The van der Waals surface area contributed by atoms with Gasteiger partial charge < -0.3 is 0 Å². The molecule has 0 amide bonds. The summed E-state index contributed by atoms with van der Waals surface area (Å²) in [5.41, 5.74) is 0. The third kappa shape index (κ3) is 6.53. The molecule has 0 aliphatic rings. The van der Waals surface area contributed by atoms with Gasteiger partial charge in [0.15, 0.2) is 0 Å². The Kier molecular flexibility index (Phi) is 4.69. The lowest BCUT2D eigenvalue weighted by Gasteiger charge is -2.08. The zero-order valence-corrected chi connectivity index (χ0v) is 8.42. The average molecular weight is 198 g/mol. The Morgan fingerprint density at radius 2 is 1.50 bits per heavy atom. The molecule has 0 aliphatic heterocycles. The predicted molar refractivity (Wildman–Crippen MR) is 42.4 cm³/mol. The van der Waals surface area contributed by atoms with Gasteiger partial charge in [0.05, 0.1) is 12.2 Å². The highest BCUT2D eigenvalue weighted by Gasteiger charge is 2.16. The smallest absolute Gasteiger partial charge is 0.244 e. The zero-order chi connectivity index (χ0) is 9.78. The Balaban J connectivity index is 3.89. The van der Waals surface area contributed by atoms with E-state index < -0.39 is 16.5 Å². The molecule has 0 heterocycles. The lowest BCUT2D eigenvalue weighted by molar-refractivity contribution is -0.238. The van der Waals surface area contributed by atoms with Gasteiger partial charge in [0, 0.05) is 0 Å². The molecule has 0 aliphatic carbocycles. The van der Waals surface area contributed by atoms with Gasteiger partial charge in [-0.3, -0.25) is 0 Å². The fourth-order valence-electron chi connectivity index (χ4n) is 0.378. The van der Waals surface area contributed by atoms with E-state index in [9.17, 15) is 8.42 Å². The van der Waals surface area contributed by atoms with Crippen LogP contribution in [0.25, 0.3) is 0 Å². The summed E-state index contributed by atoms with van der Waals surface area (Å²) in [6.07, 6.45) is -0.777. The van der Waals surface area contributed by atoms with E-state index >= 15 is 0 Å². The summed E-state index contributed by atoms with van der Waals surface area (Å²) < 4.78 is 30.0. The van der Waals surface area contributed by atoms with Crippen molar-refractivity contribution in [1.82, 2.24) is 0 Å². The van der Waals surface area contributed by atoms with Crippen LogP contribution in [0.2, 0.25) is 0 Å². The molecule has 0 aromatic carbocycles. The lowest BCUT2D eigenvalue weighted by atomic mass is 10.5. The molecule has 5 nitrogen and oxygen atoms in total. The molecule has 0 unspecified atom stereocenters. The second-order valence-corrected chi connectivity index (χ2v) is 3.91. The first-order chi connectivity index (χ1) is 5.33. The van der Waals surface area contributed by atoms with Gasteiger partial charge in [-0.2, -0.15) is 8.42 Å². The molecule has 6 heteroatoms. The van der Waals surface area contributed by atoms with Crippen molar-refractivity contribution in [3.63, 3.8) is 0 Å². The Morgan fingerprint density at radius 1 is 1.00 bits per heavy atom. The van der Waals surface area contributed by atoms with E-state index in [1.807, 2.05) is 0 Å². The standard InChI is InChI=1S/C6H14O5S/c1-5(2)9-11-12(7,8)10-6(3)4/h5-6H,1-4H3. The van der Waals surface area contributed by atoms with E-state index in [0.29, 0.717) is 0 Å². The van der Waals surface area contributed by atoms with Crippen molar-refractivity contribution < 1.29 is 21.8 Å². The van der Waals surface area contributed by atoms with Crippen LogP contribution in [0, 0.1) is 0 Å². The maximum atomic E-state index is 10.8. The molecular weight excluding hydrogens is 184 g/mol. The molecule has 0 bridgehead atoms. The Morgan fingerprint density at radius 3 is 1.83 bits per heavy atom. The molecule has 0 aromatic rings. The molecule has 0 N–H and O–H groups in total. The first-order valence-corrected chi connectivity index (χ1v) is 4.95. The lowest BCUT2D eigenvalue weighted by Crippen LogP contribution is -2.17. The third-order valence-electron chi connectivity index (χ3n) is 0.625. The fraction of sp³-hybridized carbons (Fsp3) is 1.00. The van der Waals surface area contributed by atoms with Crippen molar-refractivity contribution in [1.29, 1.82) is 0 Å². The van der Waals surface area contributed by atoms with Crippen molar-refractivity contribution >= 4 is 10.4 Å². The Hall–Kier alpha value is -0.170. The van der Waals surface area contributed by atoms with Crippen LogP contribution in [-0.4, -0.2) is 20.6 Å². The van der Waals surface area contributed by atoms with Crippen LogP contribution >= 0.6 is 0 Å². The largest absolute Gasteiger partial charge is 0.426 e. The second-order valence-electron chi connectivity index (χ2n) is 2.77. The van der Waals surface area contributed by atoms with Gasteiger partial charge in [-0.25, -0.2) is 9.07 Å². The van der Waals surface area contributed by atoms with Crippen LogP contribution in [-0.2, 0) is 23.8 Å². The molecular formula is C6H14O5S. The maximum Gasteiger partial charge on any atom is 0.426 e. The first kappa shape index (κ1) is 11.8. The van der Waals surface area contributed by atoms with Crippen molar-refractivity contribution in [2.45, 2.75) is 39.9 Å². The molecule has 0 spiro atoms. The highest BCUT2D eigenvalue weighted by atomic mass is 32.3. The van der Waals surface area contributed by atoms with Crippen molar-refractivity contribution in [2.24, 2.45) is 0 Å². The minimum Gasteiger partial charge on any atom is -0.244 e. The molecule has 0 fully saturated rings. The van der Waals surface area contributed by atoms with Crippen LogP contribution in [0.5, 0.6) is 0 Å². The number of rotatable bonds is 5. The highest BCUT2D eigenvalue weighted by molar-refractivity contribution is 7.81. The molecule has 0 aromatic heterocycles. The van der Waals surface area contributed by atoms with Crippen LogP contribution in [0.4, 0.5) is 0 Å². The van der Waals surface area contributed by atoms with E-state index in [1.54, 1.807) is 27.7 Å². The molecule has 12 heavy (non-hydrogen) atoms. The van der Waals surface area contributed by atoms with Gasteiger partial charge >= 0.3 is 10.4 Å². The summed E-state index contributed by atoms with van der Waals surface area (Å²) in [5.74, 6) is 0. The van der Waals surface area contributed by atoms with E-state index in [1.165, 1.54) is 0 Å². The first-order valence-electron chi connectivity index (χ1n) is 3.61. The maximum absolute atomic E-state index is 10.8. The minimum absolute atomic E-state index is 0.324. The van der Waals surface area contributed by atoms with Gasteiger partial charge in [0.25, 0.3) is 0 Å². The molecule has 0 atom stereocenters. The van der Waals surface area contributed by atoms with Crippen molar-refractivity contribution in [2.75, 3.05) is 0 Å². The van der Waals surface area contributed by atoms with Crippen LogP contribution in [0.3, 0.4) is 0 Å². The summed E-state index contributed by atoms with van der Waals surface area (Å²) >= 11 is 0. The summed E-state index contributed by atoms with van der Waals surface area (Å²) in [5, 5.41) is 0. The van der Waals surface area contributed by atoms with Crippen LogP contribution < -0.4 is 0 Å². The van der Waals surface area contributed by atoms with Crippen molar-refractivity contribution in [3.8, 4) is 0 Å². The predicted octanol–water partition coefficient (Wildman–Crippen LogP) is 1.01. The van der Waals surface area contributed by atoms with Gasteiger partial charge in [0.1, 0.15) is 0 Å². The van der Waals surface area contributed by atoms with E-state index in [-0.39, 0.29) is 6.10 Å². The van der Waals surface area contributed by atoms with E-state index in [4.69, 9.17) is 0 Å². The summed E-state index contributed by atoms with van der Waals surface area (Å²) in [6.45, 7) is 6.45. The van der Waals surface area contributed by atoms with Crippen molar-refractivity contribution in [3.05, 3.63) is 0 Å². The second kappa shape index (κ2) is 4.76. The monoisotopic (exact) mass is 198 g/mol. The topological polar surface area (TPSA) is 61.8 Å². The fourth-order valence-corrected chi connectivity index (χ4v) is 1.14. The summed E-state index contributed by atoms with van der Waals surface area (Å²) in [6, 6.07) is 0. The molecule has 0 saturated heterocycles. The van der Waals surface area contributed by atoms with Gasteiger partial charge in [-0.1, -0.05) is 4.33 Å². The SMILES string of the molecule is CC(C)OOS(=O)(=O)OC(C)C. The average Bonchev–Trinajstić information content (AvgIpc) is 1.81. The van der Waals surface area contributed by atoms with Crippen LogP contribution in [0.15, 0.2) is 0 Å². The molecule has 0 radical (unpaired) electrons. The van der Waals surface area contributed by atoms with E-state index in [2.05, 4.69) is 13.4 Å². The Labute approximate surface area is 72.9 Å². The Bertz CT molecular complexity index is 206. The molecule has 0 saturated carbocycles. The zero-order valence-electron chi connectivity index (χ0n) is 7.60. The number of hydrogen-bond acceptors (Lipinski definition) is 5. The van der Waals surface area contributed by atoms with Crippen LogP contribution in [0.1, 0.15) is 27.7 Å². The third-order valence-corrected chi connectivity index (χ3v) is 1.49. The van der Waals surface area contributed by atoms with Gasteiger partial charge in [-0.15, -0.1) is 0 Å². The normalized spacial score (nSPS) is 12.8. The molecule has 0 rings (SSSR count). The van der Waals surface area contributed by atoms with E-state index in [0.717, 1.165) is 0 Å². The summed E-state index contributed by atoms with van der Waals surface area (Å²) in [4.78, 5) is 4.39. The molecule has 74 valence electrons. The van der Waals surface area contributed by atoms with Gasteiger partial charge in [0.2, 0.25) is 0 Å².